The topological polar surface area (TPSA) is 70.8 Å². The van der Waals surface area contributed by atoms with Crippen molar-refractivity contribution in [3.8, 4) is 0 Å². The summed E-state index contributed by atoms with van der Waals surface area (Å²) in [4.78, 5) is 1.01. The second-order valence-corrected chi connectivity index (χ2v) is 7.68. The number of furan rings is 1. The zero-order valence-corrected chi connectivity index (χ0v) is 14.0. The lowest BCUT2D eigenvalue weighted by Crippen LogP contribution is -2.30. The number of sulfonamides is 1. The molecule has 0 atom stereocenters. The zero-order chi connectivity index (χ0) is 14.8. The summed E-state index contributed by atoms with van der Waals surface area (Å²) in [5, 5.41) is 10.9. The third-order valence-electron chi connectivity index (χ3n) is 2.75. The molecule has 20 heavy (non-hydrogen) atoms. The van der Waals surface area contributed by atoms with Crippen LogP contribution in [-0.4, -0.2) is 24.4 Å². The van der Waals surface area contributed by atoms with Crippen molar-refractivity contribution in [2.24, 2.45) is 0 Å². The van der Waals surface area contributed by atoms with Crippen molar-refractivity contribution in [2.45, 2.75) is 25.0 Å². The van der Waals surface area contributed by atoms with Gasteiger partial charge in [0.05, 0.1) is 0 Å². The summed E-state index contributed by atoms with van der Waals surface area (Å²) in [6.07, 6.45) is 0. The van der Waals surface area contributed by atoms with Gasteiger partial charge in [0.15, 0.2) is 4.67 Å². The summed E-state index contributed by atoms with van der Waals surface area (Å²) < 4.78 is 31.8. The SMILES string of the molecule is CCN(Cc1cccs1)S(=O)(=O)c1cc(CO)oc1Br. The van der Waals surface area contributed by atoms with Crippen molar-refractivity contribution >= 4 is 37.3 Å². The zero-order valence-electron chi connectivity index (χ0n) is 10.7. The number of halogens is 1. The van der Waals surface area contributed by atoms with Crippen LogP contribution < -0.4 is 0 Å². The van der Waals surface area contributed by atoms with Gasteiger partial charge in [0.25, 0.3) is 0 Å². The molecule has 0 aliphatic rings. The van der Waals surface area contributed by atoms with Crippen molar-refractivity contribution < 1.29 is 17.9 Å². The van der Waals surface area contributed by atoms with E-state index >= 15 is 0 Å². The van der Waals surface area contributed by atoms with E-state index in [2.05, 4.69) is 15.9 Å². The summed E-state index contributed by atoms with van der Waals surface area (Å²) in [5.41, 5.74) is 0. The van der Waals surface area contributed by atoms with Crippen LogP contribution in [0.3, 0.4) is 0 Å². The Morgan fingerprint density at radius 1 is 1.50 bits per heavy atom. The first-order chi connectivity index (χ1) is 9.48. The number of hydrogen-bond donors (Lipinski definition) is 1. The highest BCUT2D eigenvalue weighted by Crippen LogP contribution is 2.29. The highest BCUT2D eigenvalue weighted by Gasteiger charge is 2.28. The number of aliphatic hydroxyl groups excluding tert-OH is 1. The molecule has 2 heterocycles. The van der Waals surface area contributed by atoms with Gasteiger partial charge in [-0.2, -0.15) is 4.31 Å². The van der Waals surface area contributed by atoms with E-state index in [4.69, 9.17) is 9.52 Å². The van der Waals surface area contributed by atoms with Gasteiger partial charge in [0, 0.05) is 24.0 Å². The van der Waals surface area contributed by atoms with E-state index in [1.54, 1.807) is 6.92 Å². The van der Waals surface area contributed by atoms with Gasteiger partial charge in [-0.25, -0.2) is 8.42 Å². The molecular weight excluding hydrogens is 366 g/mol. The molecule has 1 N–H and O–H groups in total. The number of aliphatic hydroxyl groups is 1. The second kappa shape index (κ2) is 6.40. The molecule has 0 unspecified atom stereocenters. The Balaban J connectivity index is 2.33. The lowest BCUT2D eigenvalue weighted by atomic mass is 10.4. The van der Waals surface area contributed by atoms with Gasteiger partial charge < -0.3 is 9.52 Å². The number of nitrogens with zero attached hydrogens (tertiary/aromatic N) is 1. The van der Waals surface area contributed by atoms with Crippen LogP contribution in [0.5, 0.6) is 0 Å². The van der Waals surface area contributed by atoms with E-state index in [1.165, 1.54) is 21.7 Å². The minimum Gasteiger partial charge on any atom is -0.450 e. The molecule has 0 saturated heterocycles. The number of hydrogen-bond acceptors (Lipinski definition) is 5. The molecule has 2 aromatic rings. The van der Waals surface area contributed by atoms with Gasteiger partial charge in [-0.3, -0.25) is 0 Å². The molecule has 2 aromatic heterocycles. The van der Waals surface area contributed by atoms with Gasteiger partial charge in [-0.1, -0.05) is 13.0 Å². The van der Waals surface area contributed by atoms with Crippen molar-refractivity contribution in [2.75, 3.05) is 6.54 Å². The molecule has 0 aromatic carbocycles. The monoisotopic (exact) mass is 379 g/mol. The number of thiophene rings is 1. The molecule has 0 aliphatic carbocycles. The fraction of sp³-hybridized carbons (Fsp3) is 0.333. The lowest BCUT2D eigenvalue weighted by molar-refractivity contribution is 0.245. The molecule has 110 valence electrons. The standard InChI is InChI=1S/C12H14BrNO4S2/c1-2-14(7-10-4-3-5-19-10)20(16,17)11-6-9(8-15)18-12(11)13/h3-6,15H,2,7-8H2,1H3. The highest BCUT2D eigenvalue weighted by atomic mass is 79.9. The van der Waals surface area contributed by atoms with Gasteiger partial charge in [0.2, 0.25) is 10.0 Å². The Hall–Kier alpha value is -0.670. The van der Waals surface area contributed by atoms with Crippen LogP contribution in [0, 0.1) is 0 Å². The Labute approximate surface area is 130 Å². The van der Waals surface area contributed by atoms with Gasteiger partial charge in [0.1, 0.15) is 17.3 Å². The molecule has 2 rings (SSSR count). The Kier molecular flexibility index (Phi) is 5.03. The second-order valence-electron chi connectivity index (χ2n) is 4.02. The van der Waals surface area contributed by atoms with Crippen LogP contribution in [0.2, 0.25) is 0 Å². The first-order valence-electron chi connectivity index (χ1n) is 5.90. The van der Waals surface area contributed by atoms with Crippen molar-refractivity contribution in [3.05, 3.63) is 38.9 Å². The van der Waals surface area contributed by atoms with Crippen molar-refractivity contribution in [1.82, 2.24) is 4.31 Å². The summed E-state index contributed by atoms with van der Waals surface area (Å²) in [6, 6.07) is 5.13. The minimum atomic E-state index is -3.66. The first-order valence-corrected chi connectivity index (χ1v) is 9.02. The van der Waals surface area contributed by atoms with Crippen LogP contribution in [0.1, 0.15) is 17.6 Å². The molecule has 0 bridgehead atoms. The minimum absolute atomic E-state index is 0.0416. The van der Waals surface area contributed by atoms with E-state index in [1.807, 2.05) is 17.5 Å². The van der Waals surface area contributed by atoms with Crippen LogP contribution in [0.15, 0.2) is 37.6 Å². The largest absolute Gasteiger partial charge is 0.450 e. The van der Waals surface area contributed by atoms with Gasteiger partial charge >= 0.3 is 0 Å². The van der Waals surface area contributed by atoms with Gasteiger partial charge in [-0.15, -0.1) is 11.3 Å². The Morgan fingerprint density at radius 3 is 2.75 bits per heavy atom. The average molecular weight is 380 g/mol. The van der Waals surface area contributed by atoms with Crippen LogP contribution >= 0.6 is 27.3 Å². The lowest BCUT2D eigenvalue weighted by Gasteiger charge is -2.18. The smallest absolute Gasteiger partial charge is 0.247 e. The maximum absolute atomic E-state index is 12.6. The fourth-order valence-corrected chi connectivity index (χ4v) is 4.92. The average Bonchev–Trinajstić information content (AvgIpc) is 3.04. The summed E-state index contributed by atoms with van der Waals surface area (Å²) >= 11 is 4.60. The highest BCUT2D eigenvalue weighted by molar-refractivity contribution is 9.10. The molecule has 8 heteroatoms. The van der Waals surface area contributed by atoms with E-state index in [-0.39, 0.29) is 21.9 Å². The predicted molar refractivity (Wildman–Crippen MR) is 79.9 cm³/mol. The first kappa shape index (κ1) is 15.7. The Morgan fingerprint density at radius 2 is 2.25 bits per heavy atom. The molecule has 0 spiro atoms. The van der Waals surface area contributed by atoms with E-state index in [0.29, 0.717) is 13.1 Å². The quantitative estimate of drug-likeness (QED) is 0.837. The van der Waals surface area contributed by atoms with Crippen LogP contribution in [0.25, 0.3) is 0 Å². The Bertz CT molecular complexity index is 664. The molecule has 0 fully saturated rings. The predicted octanol–water partition coefficient (Wildman–Crippen LogP) is 2.81. The van der Waals surface area contributed by atoms with E-state index in [0.717, 1.165) is 4.88 Å². The maximum Gasteiger partial charge on any atom is 0.247 e. The molecular formula is C12H14BrNO4S2. The molecule has 0 amide bonds. The van der Waals surface area contributed by atoms with Gasteiger partial charge in [-0.05, 0) is 27.4 Å². The molecule has 5 nitrogen and oxygen atoms in total. The normalized spacial score (nSPS) is 12.2. The van der Waals surface area contributed by atoms with Crippen LogP contribution in [0.4, 0.5) is 0 Å². The molecule has 0 saturated carbocycles. The van der Waals surface area contributed by atoms with Crippen molar-refractivity contribution in [3.63, 3.8) is 0 Å². The van der Waals surface area contributed by atoms with Crippen molar-refractivity contribution in [1.29, 1.82) is 0 Å². The third kappa shape index (κ3) is 3.15. The third-order valence-corrected chi connectivity index (χ3v) is 6.38. The summed E-state index contributed by atoms with van der Waals surface area (Å²) in [5.74, 6) is 0.211. The summed E-state index contributed by atoms with van der Waals surface area (Å²) in [6.45, 7) is 2.12. The van der Waals surface area contributed by atoms with E-state index in [9.17, 15) is 8.42 Å². The van der Waals surface area contributed by atoms with Crippen LogP contribution in [-0.2, 0) is 23.2 Å². The molecule has 0 aliphatic heterocycles. The number of rotatable bonds is 6. The molecule has 0 radical (unpaired) electrons. The maximum atomic E-state index is 12.6. The van der Waals surface area contributed by atoms with E-state index < -0.39 is 10.0 Å². The fourth-order valence-electron chi connectivity index (χ4n) is 1.73. The summed E-state index contributed by atoms with van der Waals surface area (Å²) in [7, 11) is -3.66.